The summed E-state index contributed by atoms with van der Waals surface area (Å²) in [6.07, 6.45) is 11.4. The molecule has 0 unspecified atom stereocenters. The van der Waals surface area contributed by atoms with E-state index in [9.17, 15) is 10.2 Å². The van der Waals surface area contributed by atoms with Crippen LogP contribution >= 0.6 is 0 Å². The van der Waals surface area contributed by atoms with Crippen LogP contribution in [0, 0.1) is 11.8 Å². The van der Waals surface area contributed by atoms with E-state index in [4.69, 9.17) is 0 Å². The van der Waals surface area contributed by atoms with Crippen molar-refractivity contribution in [1.29, 1.82) is 0 Å². The standard InChI is InChI=1S/C27H34N4O2/c32-19-25-26(23-7-5-21(6-8-23)9-12-27(33)10-1-2-11-27)24-18-30(13-3-4-14-31(24)25)17-22-15-28-20-29-16-22/h5-8,15-16,20,24-26,32-33H,1-4,10-11,13-14,17-19H2/t24-,25+,26-/m0/s1. The smallest absolute Gasteiger partial charge is 0.125 e. The normalized spacial score (nSPS) is 27.5. The Morgan fingerprint density at radius 1 is 1.00 bits per heavy atom. The molecule has 2 aromatic rings. The van der Waals surface area contributed by atoms with Crippen LogP contribution in [0.3, 0.4) is 0 Å². The van der Waals surface area contributed by atoms with Crippen LogP contribution in [-0.4, -0.2) is 73.9 Å². The quantitative estimate of drug-likeness (QED) is 0.704. The van der Waals surface area contributed by atoms with Gasteiger partial charge in [-0.2, -0.15) is 0 Å². The van der Waals surface area contributed by atoms with Gasteiger partial charge >= 0.3 is 0 Å². The highest BCUT2D eigenvalue weighted by molar-refractivity contribution is 5.40. The summed E-state index contributed by atoms with van der Waals surface area (Å²) < 4.78 is 0. The van der Waals surface area contributed by atoms with Gasteiger partial charge in [-0.05, 0) is 69.3 Å². The van der Waals surface area contributed by atoms with E-state index < -0.39 is 5.60 Å². The summed E-state index contributed by atoms with van der Waals surface area (Å²) in [5, 5.41) is 20.7. The van der Waals surface area contributed by atoms with Gasteiger partial charge in [0.1, 0.15) is 11.9 Å². The van der Waals surface area contributed by atoms with Gasteiger partial charge in [0.15, 0.2) is 0 Å². The fraction of sp³-hybridized carbons (Fsp3) is 0.556. The van der Waals surface area contributed by atoms with Crippen LogP contribution in [0.5, 0.6) is 0 Å². The molecule has 6 heteroatoms. The Balaban J connectivity index is 1.31. The molecule has 3 heterocycles. The second-order valence-electron chi connectivity index (χ2n) is 9.88. The van der Waals surface area contributed by atoms with E-state index >= 15 is 0 Å². The number of hydrogen-bond acceptors (Lipinski definition) is 6. The molecule has 2 N–H and O–H groups in total. The molecular formula is C27H34N4O2. The lowest BCUT2D eigenvalue weighted by Crippen LogP contribution is -2.67. The maximum atomic E-state index is 10.5. The van der Waals surface area contributed by atoms with Crippen molar-refractivity contribution in [3.05, 3.63) is 59.7 Å². The Hall–Kier alpha value is -2.30. The molecule has 0 spiro atoms. The van der Waals surface area contributed by atoms with Crippen LogP contribution in [0.1, 0.15) is 61.1 Å². The number of hydrogen-bond donors (Lipinski definition) is 2. The SMILES string of the molecule is OC[C@@H]1[C@@H](c2ccc(C#CC3(O)CCCC3)cc2)[C@@H]2CN(Cc3cncnc3)CCCCN12. The second kappa shape index (κ2) is 9.90. The molecular weight excluding hydrogens is 412 g/mol. The minimum absolute atomic E-state index is 0.172. The van der Waals surface area contributed by atoms with Gasteiger partial charge in [-0.15, -0.1) is 0 Å². The van der Waals surface area contributed by atoms with Gasteiger partial charge in [0.25, 0.3) is 0 Å². The molecule has 1 aromatic heterocycles. The van der Waals surface area contributed by atoms with Crippen LogP contribution in [0.25, 0.3) is 0 Å². The van der Waals surface area contributed by atoms with E-state index in [-0.39, 0.29) is 12.6 Å². The van der Waals surface area contributed by atoms with Crippen molar-refractivity contribution in [2.24, 2.45) is 0 Å². The van der Waals surface area contributed by atoms with Crippen LogP contribution in [-0.2, 0) is 6.54 Å². The molecule has 1 saturated carbocycles. The lowest BCUT2D eigenvalue weighted by molar-refractivity contribution is -0.0655. The summed E-state index contributed by atoms with van der Waals surface area (Å²) in [7, 11) is 0. The average Bonchev–Trinajstić information content (AvgIpc) is 3.26. The number of aromatic nitrogens is 2. The predicted molar refractivity (Wildman–Crippen MR) is 127 cm³/mol. The van der Waals surface area contributed by atoms with Crippen molar-refractivity contribution >= 4 is 0 Å². The van der Waals surface area contributed by atoms with Crippen LogP contribution in [0.15, 0.2) is 43.0 Å². The van der Waals surface area contributed by atoms with Crippen LogP contribution < -0.4 is 0 Å². The molecule has 2 aliphatic heterocycles. The third kappa shape index (κ3) is 4.97. The highest BCUT2D eigenvalue weighted by Crippen LogP contribution is 2.42. The number of aliphatic hydroxyl groups excluding tert-OH is 1. The number of nitrogens with zero attached hydrogens (tertiary/aromatic N) is 4. The van der Waals surface area contributed by atoms with Crippen molar-refractivity contribution in [3.63, 3.8) is 0 Å². The van der Waals surface area contributed by atoms with Crippen molar-refractivity contribution in [2.75, 3.05) is 26.2 Å². The maximum absolute atomic E-state index is 10.5. The first-order chi connectivity index (χ1) is 16.1. The molecule has 0 amide bonds. The number of fused-ring (bicyclic) bond motifs is 1. The molecule has 3 fully saturated rings. The highest BCUT2D eigenvalue weighted by Gasteiger charge is 2.49. The highest BCUT2D eigenvalue weighted by atomic mass is 16.3. The molecule has 6 nitrogen and oxygen atoms in total. The third-order valence-electron chi connectivity index (χ3n) is 7.64. The first-order valence-electron chi connectivity index (χ1n) is 12.3. The van der Waals surface area contributed by atoms with E-state index in [0.29, 0.717) is 12.0 Å². The van der Waals surface area contributed by atoms with Gasteiger partial charge in [0.05, 0.1) is 6.61 Å². The summed E-state index contributed by atoms with van der Waals surface area (Å²) in [6.45, 7) is 4.15. The zero-order valence-corrected chi connectivity index (χ0v) is 19.2. The molecule has 0 radical (unpaired) electrons. The largest absolute Gasteiger partial charge is 0.395 e. The Morgan fingerprint density at radius 2 is 1.73 bits per heavy atom. The number of rotatable bonds is 4. The Bertz CT molecular complexity index is 979. The van der Waals surface area contributed by atoms with Crippen molar-refractivity contribution in [3.8, 4) is 11.8 Å². The minimum atomic E-state index is -0.804. The second-order valence-corrected chi connectivity index (χ2v) is 9.88. The lowest BCUT2D eigenvalue weighted by atomic mass is 9.74. The predicted octanol–water partition coefficient (Wildman–Crippen LogP) is 2.56. The van der Waals surface area contributed by atoms with Gasteiger partial charge in [0.2, 0.25) is 0 Å². The van der Waals surface area contributed by atoms with Crippen LogP contribution in [0.4, 0.5) is 0 Å². The summed E-state index contributed by atoms with van der Waals surface area (Å²) in [4.78, 5) is 13.4. The lowest BCUT2D eigenvalue weighted by Gasteiger charge is -2.57. The Morgan fingerprint density at radius 3 is 2.45 bits per heavy atom. The molecule has 2 saturated heterocycles. The van der Waals surface area contributed by atoms with E-state index in [1.54, 1.807) is 6.33 Å². The fourth-order valence-corrected chi connectivity index (χ4v) is 5.89. The number of aliphatic hydroxyl groups is 2. The van der Waals surface area contributed by atoms with Crippen LogP contribution in [0.2, 0.25) is 0 Å². The van der Waals surface area contributed by atoms with E-state index in [1.807, 2.05) is 12.4 Å². The Kier molecular flexibility index (Phi) is 6.75. The molecule has 33 heavy (non-hydrogen) atoms. The van der Waals surface area contributed by atoms with Crippen molar-refractivity contribution in [1.82, 2.24) is 19.8 Å². The molecule has 174 valence electrons. The summed E-state index contributed by atoms with van der Waals surface area (Å²) >= 11 is 0. The summed E-state index contributed by atoms with van der Waals surface area (Å²) in [5.74, 6) is 6.59. The van der Waals surface area contributed by atoms with Gasteiger partial charge in [-0.3, -0.25) is 9.80 Å². The van der Waals surface area contributed by atoms with Gasteiger partial charge < -0.3 is 10.2 Å². The first kappa shape index (κ1) is 22.5. The molecule has 5 rings (SSSR count). The maximum Gasteiger partial charge on any atom is 0.125 e. The zero-order chi connectivity index (χ0) is 22.7. The fourth-order valence-electron chi connectivity index (χ4n) is 5.89. The zero-order valence-electron chi connectivity index (χ0n) is 19.2. The molecule has 3 aliphatic rings. The molecule has 3 atom stereocenters. The summed E-state index contributed by atoms with van der Waals surface area (Å²) in [5.41, 5.74) is 2.55. The molecule has 0 bridgehead atoms. The Labute approximate surface area is 196 Å². The van der Waals surface area contributed by atoms with Gasteiger partial charge in [-0.1, -0.05) is 24.0 Å². The summed E-state index contributed by atoms with van der Waals surface area (Å²) in [6, 6.07) is 9.04. The molecule has 1 aromatic carbocycles. The number of benzene rings is 1. The topological polar surface area (TPSA) is 72.7 Å². The van der Waals surface area contributed by atoms with Gasteiger partial charge in [0, 0.05) is 54.6 Å². The van der Waals surface area contributed by atoms with Gasteiger partial charge in [-0.25, -0.2) is 9.97 Å². The van der Waals surface area contributed by atoms with Crippen molar-refractivity contribution in [2.45, 2.75) is 68.7 Å². The third-order valence-corrected chi connectivity index (χ3v) is 7.64. The average molecular weight is 447 g/mol. The molecule has 1 aliphatic carbocycles. The van der Waals surface area contributed by atoms with Crippen molar-refractivity contribution < 1.29 is 10.2 Å². The van der Waals surface area contributed by atoms with E-state index in [0.717, 1.165) is 69.4 Å². The minimum Gasteiger partial charge on any atom is -0.395 e. The van der Waals surface area contributed by atoms with E-state index in [2.05, 4.69) is 55.9 Å². The van der Waals surface area contributed by atoms with E-state index in [1.165, 1.54) is 12.0 Å². The first-order valence-corrected chi connectivity index (χ1v) is 12.3. The monoisotopic (exact) mass is 446 g/mol.